The maximum Gasteiger partial charge on any atom is 0.326 e. The molecule has 0 fully saturated rings. The molecule has 0 aliphatic carbocycles. The summed E-state index contributed by atoms with van der Waals surface area (Å²) in [5, 5.41) is 11.2. The highest BCUT2D eigenvalue weighted by molar-refractivity contribution is 7.16. The average Bonchev–Trinajstić information content (AvgIpc) is 3.11. The highest BCUT2D eigenvalue weighted by atomic mass is 32.1. The number of aromatic nitrogens is 1. The van der Waals surface area contributed by atoms with Gasteiger partial charge in [-0.25, -0.2) is 0 Å². The molecule has 10 nitrogen and oxygen atoms in total. The number of carbonyl (C=O) groups excluding carboxylic acids is 2. The van der Waals surface area contributed by atoms with E-state index in [1.807, 2.05) is 13.8 Å². The topological polar surface area (TPSA) is 122 Å². The summed E-state index contributed by atoms with van der Waals surface area (Å²) in [4.78, 5) is 40.2. The molecule has 1 heterocycles. The molecule has 0 aliphatic heterocycles. The molecular formula is C22H23N3O7S. The second kappa shape index (κ2) is 10.7. The number of hydrogen-bond acceptors (Lipinski definition) is 8. The van der Waals surface area contributed by atoms with E-state index in [4.69, 9.17) is 14.2 Å². The van der Waals surface area contributed by atoms with Crippen LogP contribution in [0.2, 0.25) is 0 Å². The summed E-state index contributed by atoms with van der Waals surface area (Å²) >= 11 is 1.07. The van der Waals surface area contributed by atoms with Crippen molar-refractivity contribution >= 4 is 39.1 Å². The Bertz CT molecular complexity index is 1260. The summed E-state index contributed by atoms with van der Waals surface area (Å²) < 4.78 is 18.2. The number of carbonyl (C=O) groups is 2. The zero-order valence-electron chi connectivity index (χ0n) is 18.4. The first-order valence-corrected chi connectivity index (χ1v) is 11.1. The van der Waals surface area contributed by atoms with Gasteiger partial charge in [0, 0.05) is 17.7 Å². The van der Waals surface area contributed by atoms with Gasteiger partial charge in [-0.2, -0.15) is 4.99 Å². The van der Waals surface area contributed by atoms with Gasteiger partial charge in [0.2, 0.25) is 0 Å². The molecule has 3 aromatic rings. The molecule has 0 unspecified atom stereocenters. The van der Waals surface area contributed by atoms with Gasteiger partial charge in [0.05, 0.1) is 35.0 Å². The van der Waals surface area contributed by atoms with Gasteiger partial charge in [-0.3, -0.25) is 19.7 Å². The van der Waals surface area contributed by atoms with Crippen molar-refractivity contribution in [1.29, 1.82) is 0 Å². The van der Waals surface area contributed by atoms with Crippen LogP contribution in [0.1, 0.15) is 31.1 Å². The molecule has 0 saturated carbocycles. The van der Waals surface area contributed by atoms with E-state index in [-0.39, 0.29) is 29.2 Å². The Morgan fingerprint density at radius 2 is 1.76 bits per heavy atom. The number of benzene rings is 2. The minimum atomic E-state index is -0.558. The van der Waals surface area contributed by atoms with E-state index in [9.17, 15) is 19.7 Å². The third kappa shape index (κ3) is 5.55. The molecule has 0 atom stereocenters. The van der Waals surface area contributed by atoms with Crippen LogP contribution in [-0.2, 0) is 16.1 Å². The lowest BCUT2D eigenvalue weighted by molar-refractivity contribution is -0.384. The lowest BCUT2D eigenvalue weighted by atomic mass is 10.2. The monoisotopic (exact) mass is 473 g/mol. The number of nitrogens with zero attached hydrogens (tertiary/aromatic N) is 3. The number of fused-ring (bicyclic) bond motifs is 1. The van der Waals surface area contributed by atoms with Crippen LogP contribution >= 0.6 is 11.3 Å². The number of amides is 1. The van der Waals surface area contributed by atoms with Crippen LogP contribution in [0.4, 0.5) is 5.69 Å². The number of non-ortho nitro benzene ring substituents is 1. The van der Waals surface area contributed by atoms with E-state index < -0.39 is 16.8 Å². The predicted molar refractivity (Wildman–Crippen MR) is 122 cm³/mol. The van der Waals surface area contributed by atoms with Gasteiger partial charge in [-0.05, 0) is 45.0 Å². The maximum atomic E-state index is 13.0. The number of rotatable bonds is 9. The lowest BCUT2D eigenvalue weighted by Gasteiger charge is -2.11. The Kier molecular flexibility index (Phi) is 7.78. The summed E-state index contributed by atoms with van der Waals surface area (Å²) in [5.74, 6) is -0.129. The fourth-order valence-corrected chi connectivity index (χ4v) is 4.15. The summed E-state index contributed by atoms with van der Waals surface area (Å²) in [5.41, 5.74) is 0.706. The van der Waals surface area contributed by atoms with Crippen LogP contribution < -0.4 is 14.3 Å². The molecule has 11 heteroatoms. The fourth-order valence-electron chi connectivity index (χ4n) is 3.08. The van der Waals surface area contributed by atoms with E-state index in [2.05, 4.69) is 4.99 Å². The first-order chi connectivity index (χ1) is 15.9. The van der Waals surface area contributed by atoms with Crippen molar-refractivity contribution in [3.63, 3.8) is 0 Å². The number of ether oxygens (including phenoxy) is 3. The normalized spacial score (nSPS) is 11.4. The minimum absolute atomic E-state index is 0.0993. The van der Waals surface area contributed by atoms with Crippen molar-refractivity contribution in [2.45, 2.75) is 27.3 Å². The first-order valence-electron chi connectivity index (χ1n) is 10.3. The van der Waals surface area contributed by atoms with Crippen LogP contribution in [0, 0.1) is 10.1 Å². The van der Waals surface area contributed by atoms with Crippen LogP contribution in [-0.4, -0.2) is 41.2 Å². The maximum absolute atomic E-state index is 13.0. The molecule has 0 spiro atoms. The lowest BCUT2D eigenvalue weighted by Crippen LogP contribution is -2.23. The van der Waals surface area contributed by atoms with Gasteiger partial charge in [0.1, 0.15) is 6.54 Å². The van der Waals surface area contributed by atoms with Crippen molar-refractivity contribution in [2.24, 2.45) is 4.99 Å². The summed E-state index contributed by atoms with van der Waals surface area (Å²) in [7, 11) is 0. The quantitative estimate of drug-likeness (QED) is 0.264. The Balaban J connectivity index is 2.09. The molecule has 0 saturated heterocycles. The van der Waals surface area contributed by atoms with Crippen LogP contribution in [0.5, 0.6) is 11.5 Å². The van der Waals surface area contributed by atoms with E-state index in [0.29, 0.717) is 34.9 Å². The van der Waals surface area contributed by atoms with E-state index in [1.54, 1.807) is 25.1 Å². The standard InChI is InChI=1S/C22H23N3O7S/c1-4-30-17-10-7-14(11-18(17)31-5-2)21(27)23-22-24(13-20(26)32-6-3)16-9-8-15(25(28)29)12-19(16)33-22/h7-12H,4-6,13H2,1-3H3. The Morgan fingerprint density at radius 3 is 2.42 bits per heavy atom. The molecule has 1 amide bonds. The molecular weight excluding hydrogens is 450 g/mol. The average molecular weight is 474 g/mol. The second-order valence-electron chi connectivity index (χ2n) is 6.63. The van der Waals surface area contributed by atoms with Crippen molar-refractivity contribution in [2.75, 3.05) is 19.8 Å². The number of nitro groups is 1. The zero-order chi connectivity index (χ0) is 24.0. The van der Waals surface area contributed by atoms with Gasteiger partial charge < -0.3 is 18.8 Å². The van der Waals surface area contributed by atoms with Crippen molar-refractivity contribution in [3.8, 4) is 11.5 Å². The van der Waals surface area contributed by atoms with Crippen molar-refractivity contribution in [3.05, 3.63) is 56.9 Å². The van der Waals surface area contributed by atoms with Gasteiger partial charge in [0.15, 0.2) is 16.3 Å². The number of esters is 1. The van der Waals surface area contributed by atoms with Crippen molar-refractivity contribution < 1.29 is 28.7 Å². The van der Waals surface area contributed by atoms with E-state index in [0.717, 1.165) is 11.3 Å². The predicted octanol–water partition coefficient (Wildman–Crippen LogP) is 3.71. The third-order valence-electron chi connectivity index (χ3n) is 4.46. The molecule has 174 valence electrons. The summed E-state index contributed by atoms with van der Waals surface area (Å²) in [6, 6.07) is 9.01. The van der Waals surface area contributed by atoms with E-state index in [1.165, 1.54) is 22.8 Å². The highest BCUT2D eigenvalue weighted by Crippen LogP contribution is 2.29. The second-order valence-corrected chi connectivity index (χ2v) is 7.64. The molecule has 33 heavy (non-hydrogen) atoms. The summed E-state index contributed by atoms with van der Waals surface area (Å²) in [6.45, 7) is 6.20. The smallest absolute Gasteiger partial charge is 0.326 e. The van der Waals surface area contributed by atoms with Gasteiger partial charge in [-0.15, -0.1) is 0 Å². The largest absolute Gasteiger partial charge is 0.490 e. The zero-order valence-corrected chi connectivity index (χ0v) is 19.2. The Morgan fingerprint density at radius 1 is 1.03 bits per heavy atom. The van der Waals surface area contributed by atoms with Gasteiger partial charge in [0.25, 0.3) is 11.6 Å². The van der Waals surface area contributed by atoms with Crippen LogP contribution in [0.25, 0.3) is 10.2 Å². The van der Waals surface area contributed by atoms with Crippen molar-refractivity contribution in [1.82, 2.24) is 4.57 Å². The Labute approximate surface area is 193 Å². The molecule has 1 aromatic heterocycles. The molecule has 0 aliphatic rings. The molecule has 0 N–H and O–H groups in total. The molecule has 0 radical (unpaired) electrons. The number of nitro benzene ring substituents is 1. The van der Waals surface area contributed by atoms with Crippen LogP contribution in [0.15, 0.2) is 41.4 Å². The molecule has 0 bridgehead atoms. The summed E-state index contributed by atoms with van der Waals surface area (Å²) in [6.07, 6.45) is 0. The Hall–Kier alpha value is -3.73. The number of hydrogen-bond donors (Lipinski definition) is 0. The first kappa shape index (κ1) is 23.9. The minimum Gasteiger partial charge on any atom is -0.490 e. The molecule has 3 rings (SSSR count). The van der Waals surface area contributed by atoms with Crippen LogP contribution in [0.3, 0.4) is 0 Å². The van der Waals surface area contributed by atoms with Gasteiger partial charge in [-0.1, -0.05) is 11.3 Å². The van der Waals surface area contributed by atoms with Gasteiger partial charge >= 0.3 is 5.97 Å². The fraction of sp³-hybridized carbons (Fsp3) is 0.318. The highest BCUT2D eigenvalue weighted by Gasteiger charge is 2.17. The SMILES string of the molecule is CCOC(=O)Cn1c(=NC(=O)c2ccc(OCC)c(OCC)c2)sc2cc([N+](=O)[O-])ccc21. The number of thiazole rings is 1. The third-order valence-corrected chi connectivity index (χ3v) is 5.50. The molecule has 2 aromatic carbocycles. The van der Waals surface area contributed by atoms with E-state index >= 15 is 0 Å².